The molecule has 0 spiro atoms. The van der Waals surface area contributed by atoms with Gasteiger partial charge in [0, 0.05) is 25.6 Å². The van der Waals surface area contributed by atoms with Crippen LogP contribution in [0.3, 0.4) is 0 Å². The van der Waals surface area contributed by atoms with Gasteiger partial charge in [0.2, 0.25) is 11.8 Å². The number of nitrogens with two attached hydrogens (primary N) is 1. The molecule has 0 aromatic carbocycles. The third kappa shape index (κ3) is 2.76. The minimum absolute atomic E-state index is 0.00944. The molecule has 2 saturated heterocycles. The van der Waals surface area contributed by atoms with Crippen LogP contribution in [0.5, 0.6) is 0 Å². The summed E-state index contributed by atoms with van der Waals surface area (Å²) in [4.78, 5) is 25.0. The van der Waals surface area contributed by atoms with Gasteiger partial charge in [-0.2, -0.15) is 0 Å². The van der Waals surface area contributed by atoms with Gasteiger partial charge in [-0.3, -0.25) is 9.59 Å². The van der Waals surface area contributed by atoms with Crippen molar-refractivity contribution in [2.75, 3.05) is 19.7 Å². The number of hydrogen-bond donors (Lipinski definition) is 2. The van der Waals surface area contributed by atoms with Gasteiger partial charge >= 0.3 is 0 Å². The number of nitrogens with zero attached hydrogens (tertiary/aromatic N) is 1. The van der Waals surface area contributed by atoms with Crippen LogP contribution in [0.25, 0.3) is 0 Å². The van der Waals surface area contributed by atoms with E-state index in [9.17, 15) is 9.59 Å². The maximum Gasteiger partial charge on any atom is 0.245 e. The highest BCUT2D eigenvalue weighted by Gasteiger charge is 2.34. The van der Waals surface area contributed by atoms with E-state index in [2.05, 4.69) is 5.32 Å². The standard InChI is InChI=1S/C11H19N3O3/c1-7(12)9-6-14(4-5-17-9)11(16)8-2-3-10(15)13-8/h7-9H,2-6,12H2,1H3,(H,13,15)/t7?,8-,9?/m1/s1. The summed E-state index contributed by atoms with van der Waals surface area (Å²) in [5.74, 6) is -0.0508. The second-order valence-corrected chi connectivity index (χ2v) is 4.71. The highest BCUT2D eigenvalue weighted by molar-refractivity contribution is 5.90. The normalized spacial score (nSPS) is 31.2. The largest absolute Gasteiger partial charge is 0.373 e. The van der Waals surface area contributed by atoms with Crippen molar-refractivity contribution in [2.45, 2.75) is 38.0 Å². The Kier molecular flexibility index (Phi) is 3.63. The van der Waals surface area contributed by atoms with Crippen molar-refractivity contribution in [1.29, 1.82) is 0 Å². The first-order chi connectivity index (χ1) is 8.08. The Labute approximate surface area is 100 Å². The highest BCUT2D eigenvalue weighted by Crippen LogP contribution is 2.14. The lowest BCUT2D eigenvalue weighted by Crippen LogP contribution is -2.55. The summed E-state index contributed by atoms with van der Waals surface area (Å²) in [5.41, 5.74) is 5.77. The highest BCUT2D eigenvalue weighted by atomic mass is 16.5. The molecule has 2 aliphatic heterocycles. The molecule has 2 aliphatic rings. The lowest BCUT2D eigenvalue weighted by atomic mass is 10.1. The SMILES string of the molecule is CC(N)C1CN(C(=O)[C@H]2CCC(=O)N2)CCO1. The third-order valence-corrected chi connectivity index (χ3v) is 3.28. The minimum atomic E-state index is -0.352. The number of ether oxygens (including phenoxy) is 1. The molecule has 6 nitrogen and oxygen atoms in total. The van der Waals surface area contributed by atoms with Gasteiger partial charge in [0.25, 0.3) is 0 Å². The fraction of sp³-hybridized carbons (Fsp3) is 0.818. The smallest absolute Gasteiger partial charge is 0.245 e. The van der Waals surface area contributed by atoms with Crippen LogP contribution in [0, 0.1) is 0 Å². The first-order valence-electron chi connectivity index (χ1n) is 6.03. The van der Waals surface area contributed by atoms with E-state index in [0.717, 1.165) is 0 Å². The zero-order valence-electron chi connectivity index (χ0n) is 10.0. The van der Waals surface area contributed by atoms with Gasteiger partial charge in [-0.05, 0) is 13.3 Å². The summed E-state index contributed by atoms with van der Waals surface area (Å²) in [7, 11) is 0. The van der Waals surface area contributed by atoms with E-state index >= 15 is 0 Å². The molecule has 3 atom stereocenters. The average Bonchev–Trinajstić information content (AvgIpc) is 2.75. The van der Waals surface area contributed by atoms with Gasteiger partial charge in [0.05, 0.1) is 12.7 Å². The predicted octanol–water partition coefficient (Wildman–Crippen LogP) is -1.16. The topological polar surface area (TPSA) is 84.7 Å². The molecular formula is C11H19N3O3. The number of rotatable bonds is 2. The zero-order chi connectivity index (χ0) is 12.4. The molecule has 96 valence electrons. The van der Waals surface area contributed by atoms with Crippen molar-refractivity contribution >= 4 is 11.8 Å². The number of carbonyl (C=O) groups is 2. The lowest BCUT2D eigenvalue weighted by molar-refractivity contribution is -0.142. The Bertz CT molecular complexity index is 319. The fourth-order valence-corrected chi connectivity index (χ4v) is 2.21. The summed E-state index contributed by atoms with van der Waals surface area (Å²) in [5, 5.41) is 2.69. The van der Waals surface area contributed by atoms with Gasteiger partial charge in [-0.25, -0.2) is 0 Å². The summed E-state index contributed by atoms with van der Waals surface area (Å²) in [6, 6.07) is -0.446. The van der Waals surface area contributed by atoms with Gasteiger partial charge in [0.15, 0.2) is 0 Å². The second-order valence-electron chi connectivity index (χ2n) is 4.71. The minimum Gasteiger partial charge on any atom is -0.373 e. The molecule has 2 fully saturated rings. The molecule has 0 aromatic heterocycles. The molecule has 0 saturated carbocycles. The van der Waals surface area contributed by atoms with Crippen LogP contribution in [-0.4, -0.2) is 54.6 Å². The molecule has 2 heterocycles. The van der Waals surface area contributed by atoms with Crippen molar-refractivity contribution in [2.24, 2.45) is 5.73 Å². The number of morpholine rings is 1. The quantitative estimate of drug-likeness (QED) is 0.638. The first-order valence-corrected chi connectivity index (χ1v) is 6.03. The zero-order valence-corrected chi connectivity index (χ0v) is 10.0. The maximum atomic E-state index is 12.1. The Morgan fingerprint density at radius 2 is 2.41 bits per heavy atom. The summed E-state index contributed by atoms with van der Waals surface area (Å²) < 4.78 is 5.50. The van der Waals surface area contributed by atoms with Crippen LogP contribution in [-0.2, 0) is 14.3 Å². The maximum absolute atomic E-state index is 12.1. The molecule has 2 rings (SSSR count). The molecule has 2 unspecified atom stereocenters. The fourth-order valence-electron chi connectivity index (χ4n) is 2.21. The number of amides is 2. The molecule has 0 aromatic rings. The average molecular weight is 241 g/mol. The summed E-state index contributed by atoms with van der Waals surface area (Å²) >= 11 is 0. The molecule has 3 N–H and O–H groups in total. The second kappa shape index (κ2) is 5.01. The van der Waals surface area contributed by atoms with Crippen LogP contribution >= 0.6 is 0 Å². The van der Waals surface area contributed by atoms with Crippen LogP contribution in [0.4, 0.5) is 0 Å². The van der Waals surface area contributed by atoms with Crippen molar-refractivity contribution < 1.29 is 14.3 Å². The van der Waals surface area contributed by atoms with Crippen molar-refractivity contribution in [3.63, 3.8) is 0 Å². The predicted molar refractivity (Wildman–Crippen MR) is 61.1 cm³/mol. The van der Waals surface area contributed by atoms with Gasteiger partial charge in [0.1, 0.15) is 6.04 Å². The molecular weight excluding hydrogens is 222 g/mol. The Morgan fingerprint density at radius 3 is 3.00 bits per heavy atom. The number of nitrogens with one attached hydrogen (secondary N) is 1. The van der Waals surface area contributed by atoms with E-state index in [1.165, 1.54) is 0 Å². The number of carbonyl (C=O) groups excluding carboxylic acids is 2. The van der Waals surface area contributed by atoms with Gasteiger partial charge in [-0.15, -0.1) is 0 Å². The van der Waals surface area contributed by atoms with E-state index in [1.807, 2.05) is 6.92 Å². The first kappa shape index (κ1) is 12.3. The molecule has 6 heteroatoms. The summed E-state index contributed by atoms with van der Waals surface area (Å²) in [6.07, 6.45) is 0.930. The van der Waals surface area contributed by atoms with Gasteiger partial charge < -0.3 is 20.7 Å². The Balaban J connectivity index is 1.93. The third-order valence-electron chi connectivity index (χ3n) is 3.28. The van der Waals surface area contributed by atoms with E-state index in [-0.39, 0.29) is 30.0 Å². The lowest BCUT2D eigenvalue weighted by Gasteiger charge is -2.35. The van der Waals surface area contributed by atoms with Crippen molar-refractivity contribution in [1.82, 2.24) is 10.2 Å². The van der Waals surface area contributed by atoms with Crippen LogP contribution in [0.15, 0.2) is 0 Å². The van der Waals surface area contributed by atoms with E-state index in [4.69, 9.17) is 10.5 Å². The Hall–Kier alpha value is -1.14. The molecule has 0 aliphatic carbocycles. The van der Waals surface area contributed by atoms with Crippen LogP contribution < -0.4 is 11.1 Å². The van der Waals surface area contributed by atoms with Crippen molar-refractivity contribution in [3.8, 4) is 0 Å². The monoisotopic (exact) mass is 241 g/mol. The van der Waals surface area contributed by atoms with E-state index in [1.54, 1.807) is 4.90 Å². The van der Waals surface area contributed by atoms with E-state index in [0.29, 0.717) is 32.5 Å². The summed E-state index contributed by atoms with van der Waals surface area (Å²) in [6.45, 7) is 3.48. The van der Waals surface area contributed by atoms with E-state index < -0.39 is 0 Å². The molecule has 0 radical (unpaired) electrons. The number of hydrogen-bond acceptors (Lipinski definition) is 4. The Morgan fingerprint density at radius 1 is 1.65 bits per heavy atom. The van der Waals surface area contributed by atoms with Gasteiger partial charge in [-0.1, -0.05) is 0 Å². The van der Waals surface area contributed by atoms with Crippen molar-refractivity contribution in [3.05, 3.63) is 0 Å². The van der Waals surface area contributed by atoms with Crippen LogP contribution in [0.2, 0.25) is 0 Å². The molecule has 17 heavy (non-hydrogen) atoms. The molecule has 2 amide bonds. The molecule has 0 bridgehead atoms. The van der Waals surface area contributed by atoms with Crippen LogP contribution in [0.1, 0.15) is 19.8 Å².